The summed E-state index contributed by atoms with van der Waals surface area (Å²) in [6.45, 7) is 11.3. The van der Waals surface area contributed by atoms with Crippen LogP contribution in [0.3, 0.4) is 0 Å². The van der Waals surface area contributed by atoms with Crippen LogP contribution in [0.5, 0.6) is 0 Å². The van der Waals surface area contributed by atoms with Crippen molar-refractivity contribution in [3.8, 4) is 0 Å². The Morgan fingerprint density at radius 1 is 0.362 bits per heavy atom. The average molecular weight is 821 g/mol. The van der Waals surface area contributed by atoms with Gasteiger partial charge in [-0.1, -0.05) is 247 Å². The Balaban J connectivity index is 4.22. The molecule has 0 amide bonds. The van der Waals surface area contributed by atoms with Crippen LogP contribution in [0.25, 0.3) is 0 Å². The van der Waals surface area contributed by atoms with Crippen molar-refractivity contribution in [2.24, 2.45) is 11.8 Å². The van der Waals surface area contributed by atoms with Crippen molar-refractivity contribution in [2.45, 2.75) is 291 Å². The molecule has 0 saturated heterocycles. The van der Waals surface area contributed by atoms with Gasteiger partial charge in [-0.3, -0.25) is 14.4 Å². The first-order valence-electron chi connectivity index (χ1n) is 25.8. The van der Waals surface area contributed by atoms with Gasteiger partial charge in [0, 0.05) is 19.3 Å². The van der Waals surface area contributed by atoms with Crippen molar-refractivity contribution >= 4 is 17.9 Å². The van der Waals surface area contributed by atoms with E-state index in [0.717, 1.165) is 69.6 Å². The van der Waals surface area contributed by atoms with Crippen LogP contribution < -0.4 is 0 Å². The number of ether oxygens (including phenoxy) is 3. The highest BCUT2D eigenvalue weighted by Crippen LogP contribution is 2.18. The molecule has 0 fully saturated rings. The van der Waals surface area contributed by atoms with Gasteiger partial charge in [-0.2, -0.15) is 0 Å². The summed E-state index contributed by atoms with van der Waals surface area (Å²) in [5.41, 5.74) is 0. The minimum atomic E-state index is -0.762. The molecule has 0 saturated carbocycles. The van der Waals surface area contributed by atoms with Crippen molar-refractivity contribution < 1.29 is 28.6 Å². The summed E-state index contributed by atoms with van der Waals surface area (Å²) < 4.78 is 16.8. The van der Waals surface area contributed by atoms with E-state index >= 15 is 0 Å². The summed E-state index contributed by atoms with van der Waals surface area (Å²) in [6.07, 6.45) is 45.3. The Morgan fingerprint density at radius 3 is 0.983 bits per heavy atom. The summed E-state index contributed by atoms with van der Waals surface area (Å²) in [5, 5.41) is 0. The SMILES string of the molecule is CCCCCCCCCCCCCCCCCCCCCC(=O)OC[C@@H](COC(=O)CCCCCCCCCCC(C)C)OC(=O)CCCCCCCCC(C)CC. The maximum atomic E-state index is 12.7. The largest absolute Gasteiger partial charge is 0.462 e. The zero-order valence-electron chi connectivity index (χ0n) is 39.7. The van der Waals surface area contributed by atoms with Crippen LogP contribution in [0.4, 0.5) is 0 Å². The third-order valence-corrected chi connectivity index (χ3v) is 12.1. The van der Waals surface area contributed by atoms with E-state index in [-0.39, 0.29) is 31.1 Å². The van der Waals surface area contributed by atoms with Gasteiger partial charge in [0.25, 0.3) is 0 Å². The predicted molar refractivity (Wildman–Crippen MR) is 247 cm³/mol. The van der Waals surface area contributed by atoms with Crippen molar-refractivity contribution in [2.75, 3.05) is 13.2 Å². The van der Waals surface area contributed by atoms with E-state index in [1.165, 1.54) is 173 Å². The third-order valence-electron chi connectivity index (χ3n) is 12.1. The molecular weight excluding hydrogens is 721 g/mol. The van der Waals surface area contributed by atoms with Gasteiger partial charge in [0.2, 0.25) is 0 Å². The second kappa shape index (κ2) is 44.9. The molecule has 0 N–H and O–H groups in total. The van der Waals surface area contributed by atoms with Gasteiger partial charge in [0.15, 0.2) is 6.10 Å². The van der Waals surface area contributed by atoms with Crippen LogP contribution in [0.15, 0.2) is 0 Å². The Bertz CT molecular complexity index is 887. The lowest BCUT2D eigenvalue weighted by Gasteiger charge is -2.18. The quantitative estimate of drug-likeness (QED) is 0.0346. The van der Waals surface area contributed by atoms with Crippen molar-refractivity contribution in [1.29, 1.82) is 0 Å². The van der Waals surface area contributed by atoms with E-state index in [1.54, 1.807) is 0 Å². The zero-order chi connectivity index (χ0) is 42.6. The minimum Gasteiger partial charge on any atom is -0.462 e. The van der Waals surface area contributed by atoms with Gasteiger partial charge in [-0.15, -0.1) is 0 Å². The Morgan fingerprint density at radius 2 is 0.655 bits per heavy atom. The fourth-order valence-electron chi connectivity index (χ4n) is 7.78. The molecule has 0 aromatic rings. The van der Waals surface area contributed by atoms with E-state index in [0.29, 0.717) is 19.3 Å². The van der Waals surface area contributed by atoms with Crippen LogP contribution in [-0.2, 0) is 28.6 Å². The summed E-state index contributed by atoms with van der Waals surface area (Å²) in [7, 11) is 0. The first-order valence-corrected chi connectivity index (χ1v) is 25.8. The number of unbranched alkanes of at least 4 members (excludes halogenated alkanes) is 30. The minimum absolute atomic E-state index is 0.0651. The van der Waals surface area contributed by atoms with Crippen LogP contribution in [0.2, 0.25) is 0 Å². The van der Waals surface area contributed by atoms with Crippen LogP contribution in [0, 0.1) is 11.8 Å². The number of hydrogen-bond donors (Lipinski definition) is 0. The van der Waals surface area contributed by atoms with Crippen molar-refractivity contribution in [3.63, 3.8) is 0 Å². The summed E-state index contributed by atoms with van der Waals surface area (Å²) in [5.74, 6) is 0.751. The maximum Gasteiger partial charge on any atom is 0.306 e. The van der Waals surface area contributed by atoms with Gasteiger partial charge in [-0.05, 0) is 31.1 Å². The molecule has 6 nitrogen and oxygen atoms in total. The van der Waals surface area contributed by atoms with Crippen molar-refractivity contribution in [1.82, 2.24) is 0 Å². The van der Waals surface area contributed by atoms with Gasteiger partial charge >= 0.3 is 17.9 Å². The molecule has 0 spiro atoms. The second-order valence-electron chi connectivity index (χ2n) is 18.5. The number of carbonyl (C=O) groups excluding carboxylic acids is 3. The topological polar surface area (TPSA) is 78.9 Å². The molecule has 6 heteroatoms. The highest BCUT2D eigenvalue weighted by Gasteiger charge is 2.19. The third kappa shape index (κ3) is 44.0. The average Bonchev–Trinajstić information content (AvgIpc) is 3.21. The van der Waals surface area contributed by atoms with Crippen LogP contribution >= 0.6 is 0 Å². The molecule has 344 valence electrons. The molecule has 0 aromatic carbocycles. The maximum absolute atomic E-state index is 12.7. The molecule has 0 radical (unpaired) electrons. The fourth-order valence-corrected chi connectivity index (χ4v) is 7.78. The van der Waals surface area contributed by atoms with Gasteiger partial charge < -0.3 is 14.2 Å². The van der Waals surface area contributed by atoms with Gasteiger partial charge in [-0.25, -0.2) is 0 Å². The van der Waals surface area contributed by atoms with E-state index in [9.17, 15) is 14.4 Å². The van der Waals surface area contributed by atoms with E-state index in [4.69, 9.17) is 14.2 Å². The molecule has 0 rings (SSSR count). The first-order chi connectivity index (χ1) is 28.3. The molecule has 0 aliphatic rings. The Kier molecular flexibility index (Phi) is 43.7. The molecule has 0 heterocycles. The highest BCUT2D eigenvalue weighted by atomic mass is 16.6. The smallest absolute Gasteiger partial charge is 0.306 e. The van der Waals surface area contributed by atoms with E-state index in [1.807, 2.05) is 0 Å². The Labute approximate surface area is 361 Å². The number of hydrogen-bond acceptors (Lipinski definition) is 6. The Hall–Kier alpha value is -1.59. The monoisotopic (exact) mass is 821 g/mol. The van der Waals surface area contributed by atoms with E-state index in [2.05, 4.69) is 34.6 Å². The van der Waals surface area contributed by atoms with E-state index < -0.39 is 6.10 Å². The number of rotatable bonds is 46. The normalized spacial score (nSPS) is 12.5. The number of carbonyl (C=O) groups is 3. The van der Waals surface area contributed by atoms with Crippen LogP contribution in [0.1, 0.15) is 285 Å². The fraction of sp³-hybridized carbons (Fsp3) is 0.942. The predicted octanol–water partition coefficient (Wildman–Crippen LogP) is 16.5. The lowest BCUT2D eigenvalue weighted by molar-refractivity contribution is -0.167. The lowest BCUT2D eigenvalue weighted by Crippen LogP contribution is -2.30. The van der Waals surface area contributed by atoms with Gasteiger partial charge in [0.05, 0.1) is 0 Å². The molecular formula is C52H100O6. The highest BCUT2D eigenvalue weighted by molar-refractivity contribution is 5.71. The zero-order valence-corrected chi connectivity index (χ0v) is 39.7. The molecule has 0 bridgehead atoms. The summed E-state index contributed by atoms with van der Waals surface area (Å²) in [4.78, 5) is 37.8. The van der Waals surface area contributed by atoms with Crippen LogP contribution in [-0.4, -0.2) is 37.2 Å². The lowest BCUT2D eigenvalue weighted by atomic mass is 10.00. The summed E-state index contributed by atoms with van der Waals surface area (Å²) in [6, 6.07) is 0. The van der Waals surface area contributed by atoms with Crippen molar-refractivity contribution in [3.05, 3.63) is 0 Å². The van der Waals surface area contributed by atoms with Gasteiger partial charge in [0.1, 0.15) is 13.2 Å². The molecule has 2 atom stereocenters. The standard InChI is InChI=1S/C52H100O6/c1-6-8-9-10-11-12-13-14-15-16-17-18-19-20-21-22-26-32-37-42-50(53)56-45-49(58-52(55)44-39-34-29-28-31-36-41-48(5)7-2)46-57-51(54)43-38-33-27-24-23-25-30-35-40-47(3)4/h47-49H,6-46H2,1-5H3/t48?,49-/m0/s1. The molecule has 0 aliphatic heterocycles. The second-order valence-corrected chi connectivity index (χ2v) is 18.5. The molecule has 1 unspecified atom stereocenters. The molecule has 0 aliphatic carbocycles. The first kappa shape index (κ1) is 56.4. The molecule has 58 heavy (non-hydrogen) atoms. The molecule has 0 aromatic heterocycles. The number of esters is 3. The summed E-state index contributed by atoms with van der Waals surface area (Å²) >= 11 is 0.